The van der Waals surface area contributed by atoms with Gasteiger partial charge in [-0.05, 0) is 54.6 Å². The van der Waals surface area contributed by atoms with Gasteiger partial charge >= 0.3 is 6.18 Å². The molecule has 6 nitrogen and oxygen atoms in total. The van der Waals surface area contributed by atoms with Gasteiger partial charge in [-0.1, -0.05) is 29.3 Å². The van der Waals surface area contributed by atoms with Gasteiger partial charge in [0.15, 0.2) is 0 Å². The summed E-state index contributed by atoms with van der Waals surface area (Å²) in [5, 5.41) is 2.61. The second-order valence-corrected chi connectivity index (χ2v) is 10.0. The lowest BCUT2D eigenvalue weighted by molar-refractivity contribution is -0.192. The summed E-state index contributed by atoms with van der Waals surface area (Å²) < 4.78 is 85.8. The number of fused-ring (bicyclic) bond motifs is 1. The van der Waals surface area contributed by atoms with Crippen LogP contribution < -0.4 is 14.4 Å². The Morgan fingerprint density at radius 2 is 1.66 bits per heavy atom. The van der Waals surface area contributed by atoms with Gasteiger partial charge < -0.3 is 10.1 Å². The summed E-state index contributed by atoms with van der Waals surface area (Å²) >= 11 is 12.1. The van der Waals surface area contributed by atoms with Crippen LogP contribution in [0.25, 0.3) is 0 Å². The molecule has 3 aromatic rings. The van der Waals surface area contributed by atoms with Crippen molar-refractivity contribution in [3.8, 4) is 5.75 Å². The molecule has 1 amide bonds. The lowest BCUT2D eigenvalue weighted by Crippen LogP contribution is -2.50. The zero-order valence-electron chi connectivity index (χ0n) is 17.3. The van der Waals surface area contributed by atoms with Gasteiger partial charge in [-0.15, -0.1) is 0 Å². The van der Waals surface area contributed by atoms with E-state index in [0.717, 1.165) is 36.4 Å². The molecule has 35 heavy (non-hydrogen) atoms. The number of nitrogens with zero attached hydrogens (tertiary/aromatic N) is 1. The Hall–Kier alpha value is -3.02. The molecule has 1 aliphatic heterocycles. The van der Waals surface area contributed by atoms with E-state index in [0.29, 0.717) is 4.31 Å². The van der Waals surface area contributed by atoms with Crippen molar-refractivity contribution in [3.63, 3.8) is 0 Å². The molecule has 0 aliphatic carbocycles. The molecule has 0 spiro atoms. The number of halogens is 6. The van der Waals surface area contributed by atoms with Gasteiger partial charge in [-0.3, -0.25) is 9.10 Å². The molecule has 1 N–H and O–H groups in total. The zero-order valence-corrected chi connectivity index (χ0v) is 19.6. The molecule has 13 heteroatoms. The number of anilines is 2. The topological polar surface area (TPSA) is 75.7 Å². The third-order valence-electron chi connectivity index (χ3n) is 5.04. The van der Waals surface area contributed by atoms with Gasteiger partial charge in [0.05, 0.1) is 32.7 Å². The Kier molecular flexibility index (Phi) is 6.60. The first kappa shape index (κ1) is 25.1. The fourth-order valence-corrected chi connectivity index (χ4v) is 5.41. The molecule has 1 atom stereocenters. The van der Waals surface area contributed by atoms with Crippen molar-refractivity contribution in [2.24, 2.45) is 0 Å². The second kappa shape index (κ2) is 9.21. The van der Waals surface area contributed by atoms with Crippen LogP contribution >= 0.6 is 23.2 Å². The Labute approximate surface area is 207 Å². The minimum Gasteiger partial charge on any atom is -0.477 e. The van der Waals surface area contributed by atoms with Gasteiger partial charge in [0.2, 0.25) is 6.10 Å². The average molecular weight is 549 g/mol. The van der Waals surface area contributed by atoms with Gasteiger partial charge in [-0.25, -0.2) is 12.8 Å². The standard InChI is InChI=1S/C22H14Cl2F4N2O4S/c23-15-2-1-3-16(24)20(15)21(31)29-13-6-9-18-17(10-13)30(11-19(34-18)22(26,27)28)35(32,33)14-7-4-12(25)5-8-14/h1-10,19H,11H2,(H,29,31). The smallest absolute Gasteiger partial charge is 0.427 e. The fraction of sp³-hybridized carbons (Fsp3) is 0.136. The monoisotopic (exact) mass is 548 g/mol. The third kappa shape index (κ3) is 5.02. The summed E-state index contributed by atoms with van der Waals surface area (Å²) in [5.41, 5.74) is -0.256. The molecule has 1 unspecified atom stereocenters. The van der Waals surface area contributed by atoms with Crippen LogP contribution in [0.15, 0.2) is 65.6 Å². The van der Waals surface area contributed by atoms with E-state index in [1.165, 1.54) is 24.3 Å². The lowest BCUT2D eigenvalue weighted by atomic mass is 10.1. The number of amides is 1. The van der Waals surface area contributed by atoms with E-state index in [9.17, 15) is 30.8 Å². The van der Waals surface area contributed by atoms with Crippen molar-refractivity contribution in [1.82, 2.24) is 0 Å². The molecule has 0 aromatic heterocycles. The maximum Gasteiger partial charge on any atom is 0.427 e. The number of rotatable bonds is 4. The molecule has 1 aliphatic rings. The Morgan fingerprint density at radius 3 is 2.26 bits per heavy atom. The van der Waals surface area contributed by atoms with E-state index in [2.05, 4.69) is 5.32 Å². The molecule has 0 saturated carbocycles. The number of hydrogen-bond donors (Lipinski definition) is 1. The van der Waals surface area contributed by atoms with Gasteiger partial charge in [-0.2, -0.15) is 13.2 Å². The molecule has 3 aromatic carbocycles. The Balaban J connectivity index is 1.76. The summed E-state index contributed by atoms with van der Waals surface area (Å²) in [6, 6.07) is 11.5. The number of nitrogens with one attached hydrogen (secondary N) is 1. The van der Waals surface area contributed by atoms with E-state index in [-0.39, 0.29) is 32.7 Å². The highest BCUT2D eigenvalue weighted by Crippen LogP contribution is 2.42. The normalized spacial score (nSPS) is 15.8. The summed E-state index contributed by atoms with van der Waals surface area (Å²) in [7, 11) is -4.56. The number of benzene rings is 3. The van der Waals surface area contributed by atoms with E-state index < -0.39 is 45.5 Å². The highest BCUT2D eigenvalue weighted by molar-refractivity contribution is 7.92. The summed E-state index contributed by atoms with van der Waals surface area (Å²) in [4.78, 5) is 12.3. The maximum absolute atomic E-state index is 13.5. The molecule has 0 saturated heterocycles. The molecule has 4 rings (SSSR count). The Morgan fingerprint density at radius 1 is 1.03 bits per heavy atom. The van der Waals surface area contributed by atoms with Crippen LogP contribution in [0.3, 0.4) is 0 Å². The molecular formula is C22H14Cl2F4N2O4S. The molecule has 184 valence electrons. The Bertz CT molecular complexity index is 1380. The highest BCUT2D eigenvalue weighted by Gasteiger charge is 2.48. The molecule has 0 bridgehead atoms. The van der Waals surface area contributed by atoms with Crippen LogP contribution in [-0.2, 0) is 10.0 Å². The van der Waals surface area contributed by atoms with Crippen molar-refractivity contribution in [1.29, 1.82) is 0 Å². The highest BCUT2D eigenvalue weighted by atomic mass is 35.5. The lowest BCUT2D eigenvalue weighted by Gasteiger charge is -2.36. The van der Waals surface area contributed by atoms with E-state index in [1.54, 1.807) is 0 Å². The fourth-order valence-electron chi connectivity index (χ4n) is 3.37. The minimum absolute atomic E-state index is 0.0399. The SMILES string of the molecule is O=C(Nc1ccc2c(c1)N(S(=O)(=O)c1ccc(F)cc1)CC(C(F)(F)F)O2)c1c(Cl)cccc1Cl. The predicted molar refractivity (Wildman–Crippen MR) is 122 cm³/mol. The minimum atomic E-state index is -4.87. The number of carbonyl (C=O) groups is 1. The summed E-state index contributed by atoms with van der Waals surface area (Å²) in [6.45, 7) is -1.09. The van der Waals surface area contributed by atoms with Gasteiger partial charge in [0.1, 0.15) is 11.6 Å². The van der Waals surface area contributed by atoms with Crippen LogP contribution in [0.5, 0.6) is 5.75 Å². The number of hydrogen-bond acceptors (Lipinski definition) is 4. The second-order valence-electron chi connectivity index (χ2n) is 7.37. The van der Waals surface area contributed by atoms with E-state index in [1.807, 2.05) is 0 Å². The summed E-state index contributed by atoms with van der Waals surface area (Å²) in [5.74, 6) is -1.82. The van der Waals surface area contributed by atoms with E-state index in [4.69, 9.17) is 27.9 Å². The van der Waals surface area contributed by atoms with Gasteiger partial charge in [0, 0.05) is 5.69 Å². The molecule has 1 heterocycles. The predicted octanol–water partition coefficient (Wildman–Crippen LogP) is 5.90. The van der Waals surface area contributed by atoms with Crippen molar-refractivity contribution < 1.29 is 35.5 Å². The van der Waals surface area contributed by atoms with E-state index >= 15 is 0 Å². The van der Waals surface area contributed by atoms with Crippen molar-refractivity contribution >= 4 is 50.5 Å². The summed E-state index contributed by atoms with van der Waals surface area (Å²) in [6.07, 6.45) is -7.32. The number of carbonyl (C=O) groups excluding carboxylic acids is 1. The zero-order chi connectivity index (χ0) is 25.5. The molecular weight excluding hydrogens is 535 g/mol. The average Bonchev–Trinajstić information content (AvgIpc) is 2.78. The third-order valence-corrected chi connectivity index (χ3v) is 7.47. The van der Waals surface area contributed by atoms with Crippen LogP contribution in [0.4, 0.5) is 28.9 Å². The molecule has 0 radical (unpaired) electrons. The maximum atomic E-state index is 13.5. The number of sulfonamides is 1. The molecule has 0 fully saturated rings. The van der Waals surface area contributed by atoms with Gasteiger partial charge in [0.25, 0.3) is 15.9 Å². The number of ether oxygens (including phenoxy) is 1. The quantitative estimate of drug-likeness (QED) is 0.411. The van der Waals surface area contributed by atoms with Crippen LogP contribution in [0.2, 0.25) is 10.0 Å². The first-order valence-electron chi connectivity index (χ1n) is 9.79. The largest absolute Gasteiger partial charge is 0.477 e. The van der Waals surface area contributed by atoms with Crippen LogP contribution in [0.1, 0.15) is 10.4 Å². The number of alkyl halides is 3. The van der Waals surface area contributed by atoms with Crippen LogP contribution in [0, 0.1) is 5.82 Å². The van der Waals surface area contributed by atoms with Crippen molar-refractivity contribution in [2.75, 3.05) is 16.2 Å². The van der Waals surface area contributed by atoms with Crippen molar-refractivity contribution in [2.45, 2.75) is 17.2 Å². The van der Waals surface area contributed by atoms with Crippen LogP contribution in [-0.4, -0.2) is 33.1 Å². The van der Waals surface area contributed by atoms with Crippen molar-refractivity contribution in [3.05, 3.63) is 82.1 Å². The first-order valence-corrected chi connectivity index (χ1v) is 12.0. The first-order chi connectivity index (χ1) is 16.4.